The molecule has 1 amide bonds. The summed E-state index contributed by atoms with van der Waals surface area (Å²) in [7, 11) is 0. The Labute approximate surface area is 129 Å². The Morgan fingerprint density at radius 3 is 2.24 bits per heavy atom. The van der Waals surface area contributed by atoms with Gasteiger partial charge in [0.15, 0.2) is 0 Å². The number of hydrogen-bond donors (Lipinski definition) is 2. The molecule has 4 heteroatoms. The van der Waals surface area contributed by atoms with E-state index in [1.807, 2.05) is 0 Å². The molecule has 2 aliphatic rings. The van der Waals surface area contributed by atoms with Crippen LogP contribution in [0, 0.1) is 0 Å². The summed E-state index contributed by atoms with van der Waals surface area (Å²) in [4.78, 5) is 14.7. The van der Waals surface area contributed by atoms with Gasteiger partial charge >= 0.3 is 0 Å². The van der Waals surface area contributed by atoms with E-state index in [0.29, 0.717) is 24.7 Å². The zero-order valence-electron chi connectivity index (χ0n) is 13.7. The summed E-state index contributed by atoms with van der Waals surface area (Å²) in [5.41, 5.74) is 5.98. The molecule has 0 aromatic heterocycles. The number of amides is 1. The molecule has 0 spiro atoms. The number of rotatable bonds is 5. The van der Waals surface area contributed by atoms with E-state index in [1.165, 1.54) is 25.7 Å². The number of nitrogens with two attached hydrogens (primary N) is 1. The quantitative estimate of drug-likeness (QED) is 0.766. The molecule has 122 valence electrons. The van der Waals surface area contributed by atoms with Crippen molar-refractivity contribution in [2.75, 3.05) is 13.1 Å². The molecule has 2 saturated carbocycles. The summed E-state index contributed by atoms with van der Waals surface area (Å²) in [5, 5.41) is 3.27. The topological polar surface area (TPSA) is 58.4 Å². The van der Waals surface area contributed by atoms with Crippen molar-refractivity contribution >= 4 is 5.91 Å². The first-order valence-electron chi connectivity index (χ1n) is 8.98. The molecule has 2 fully saturated rings. The van der Waals surface area contributed by atoms with Gasteiger partial charge in [-0.05, 0) is 45.1 Å². The van der Waals surface area contributed by atoms with Crippen LogP contribution in [0.5, 0.6) is 0 Å². The maximum Gasteiger partial charge on any atom is 0.234 e. The Kier molecular flexibility index (Phi) is 6.97. The lowest BCUT2D eigenvalue weighted by Crippen LogP contribution is -2.47. The molecule has 3 N–H and O–H groups in total. The largest absolute Gasteiger partial charge is 0.352 e. The Bertz CT molecular complexity index is 305. The van der Waals surface area contributed by atoms with Crippen LogP contribution < -0.4 is 11.1 Å². The third-order valence-electron chi connectivity index (χ3n) is 5.23. The lowest BCUT2D eigenvalue weighted by atomic mass is 9.90. The van der Waals surface area contributed by atoms with Crippen LogP contribution in [0.15, 0.2) is 0 Å². The van der Waals surface area contributed by atoms with Gasteiger partial charge in [0.05, 0.1) is 6.54 Å². The molecule has 0 saturated heterocycles. The Morgan fingerprint density at radius 1 is 1.05 bits per heavy atom. The van der Waals surface area contributed by atoms with E-state index in [-0.39, 0.29) is 5.91 Å². The minimum absolute atomic E-state index is 0.221. The highest BCUT2D eigenvalue weighted by Crippen LogP contribution is 2.22. The van der Waals surface area contributed by atoms with Crippen LogP contribution in [-0.4, -0.2) is 42.0 Å². The number of hydrogen-bond acceptors (Lipinski definition) is 3. The summed E-state index contributed by atoms with van der Waals surface area (Å²) in [6, 6.07) is 1.34. The zero-order chi connectivity index (χ0) is 15.1. The van der Waals surface area contributed by atoms with Crippen molar-refractivity contribution in [2.24, 2.45) is 5.73 Å². The highest BCUT2D eigenvalue weighted by molar-refractivity contribution is 5.78. The van der Waals surface area contributed by atoms with Crippen molar-refractivity contribution in [1.82, 2.24) is 10.2 Å². The minimum atomic E-state index is 0.221. The van der Waals surface area contributed by atoms with Crippen molar-refractivity contribution < 1.29 is 4.79 Å². The fourth-order valence-electron chi connectivity index (χ4n) is 3.85. The van der Waals surface area contributed by atoms with Gasteiger partial charge in [-0.1, -0.05) is 32.6 Å². The first kappa shape index (κ1) is 16.8. The van der Waals surface area contributed by atoms with E-state index in [2.05, 4.69) is 17.1 Å². The summed E-state index contributed by atoms with van der Waals surface area (Å²) in [6.07, 6.45) is 12.0. The number of nitrogens with one attached hydrogen (secondary N) is 1. The number of nitrogens with zero attached hydrogens (tertiary/aromatic N) is 1. The maximum atomic E-state index is 12.3. The van der Waals surface area contributed by atoms with Crippen molar-refractivity contribution in [2.45, 2.75) is 89.3 Å². The van der Waals surface area contributed by atoms with Crippen LogP contribution in [0.3, 0.4) is 0 Å². The molecule has 0 unspecified atom stereocenters. The fraction of sp³-hybridized carbons (Fsp3) is 0.941. The Hall–Kier alpha value is -0.610. The zero-order valence-corrected chi connectivity index (χ0v) is 13.7. The maximum absolute atomic E-state index is 12.3. The van der Waals surface area contributed by atoms with Crippen molar-refractivity contribution in [3.05, 3.63) is 0 Å². The predicted octanol–water partition coefficient (Wildman–Crippen LogP) is 2.42. The molecule has 0 aromatic carbocycles. The molecule has 2 aliphatic carbocycles. The number of carbonyl (C=O) groups excluding carboxylic acids is 1. The molecule has 0 aromatic rings. The first-order valence-corrected chi connectivity index (χ1v) is 8.98. The molecule has 0 atom stereocenters. The van der Waals surface area contributed by atoms with E-state index in [1.54, 1.807) is 0 Å². The molecule has 0 radical (unpaired) electrons. The van der Waals surface area contributed by atoms with Crippen LogP contribution in [-0.2, 0) is 4.79 Å². The molecule has 2 rings (SSSR count). The molecular weight excluding hydrogens is 262 g/mol. The van der Waals surface area contributed by atoms with Crippen molar-refractivity contribution in [3.63, 3.8) is 0 Å². The molecule has 0 heterocycles. The fourth-order valence-corrected chi connectivity index (χ4v) is 3.85. The number of likely N-dealkylation sites (N-methyl/N-ethyl adjacent to an activating group) is 1. The molecule has 0 bridgehead atoms. The minimum Gasteiger partial charge on any atom is -0.352 e. The average molecular weight is 295 g/mol. The first-order chi connectivity index (χ1) is 10.2. The second-order valence-corrected chi connectivity index (χ2v) is 6.89. The summed E-state index contributed by atoms with van der Waals surface area (Å²) >= 11 is 0. The van der Waals surface area contributed by atoms with Crippen LogP contribution in [0.1, 0.15) is 71.1 Å². The second kappa shape index (κ2) is 8.74. The van der Waals surface area contributed by atoms with Gasteiger partial charge in [-0.2, -0.15) is 0 Å². The lowest BCUT2D eigenvalue weighted by molar-refractivity contribution is -0.123. The standard InChI is InChI=1S/C17H33N3O/c1-2-20(16-11-9-14(18)10-12-16)13-17(21)19-15-7-5-3-4-6-8-15/h14-16H,2-13,18H2,1H3,(H,19,21). The van der Waals surface area contributed by atoms with Gasteiger partial charge in [-0.15, -0.1) is 0 Å². The lowest BCUT2D eigenvalue weighted by Gasteiger charge is -2.35. The van der Waals surface area contributed by atoms with Gasteiger partial charge < -0.3 is 11.1 Å². The van der Waals surface area contributed by atoms with Gasteiger partial charge in [0, 0.05) is 18.1 Å². The summed E-state index contributed by atoms with van der Waals surface area (Å²) in [6.45, 7) is 3.68. The monoisotopic (exact) mass is 295 g/mol. The predicted molar refractivity (Wildman–Crippen MR) is 87.1 cm³/mol. The van der Waals surface area contributed by atoms with Gasteiger partial charge in [-0.3, -0.25) is 9.69 Å². The molecule has 0 aliphatic heterocycles. The van der Waals surface area contributed by atoms with Crippen LogP contribution in [0.4, 0.5) is 0 Å². The molecule has 4 nitrogen and oxygen atoms in total. The van der Waals surface area contributed by atoms with Crippen LogP contribution >= 0.6 is 0 Å². The van der Waals surface area contributed by atoms with Gasteiger partial charge in [0.25, 0.3) is 0 Å². The Balaban J connectivity index is 1.76. The van der Waals surface area contributed by atoms with Gasteiger partial charge in [0.1, 0.15) is 0 Å². The Morgan fingerprint density at radius 2 is 1.67 bits per heavy atom. The highest BCUT2D eigenvalue weighted by Gasteiger charge is 2.25. The number of carbonyl (C=O) groups is 1. The highest BCUT2D eigenvalue weighted by atomic mass is 16.2. The SMILES string of the molecule is CCN(CC(=O)NC1CCCCCC1)C1CCC(N)CC1. The van der Waals surface area contributed by atoms with E-state index in [4.69, 9.17) is 5.73 Å². The van der Waals surface area contributed by atoms with E-state index in [9.17, 15) is 4.79 Å². The van der Waals surface area contributed by atoms with Crippen molar-refractivity contribution in [3.8, 4) is 0 Å². The molecular formula is C17H33N3O. The molecule has 21 heavy (non-hydrogen) atoms. The van der Waals surface area contributed by atoms with Crippen molar-refractivity contribution in [1.29, 1.82) is 0 Å². The normalized spacial score (nSPS) is 28.3. The third kappa shape index (κ3) is 5.59. The van der Waals surface area contributed by atoms with Gasteiger partial charge in [0.2, 0.25) is 5.91 Å². The third-order valence-corrected chi connectivity index (χ3v) is 5.23. The van der Waals surface area contributed by atoms with E-state index >= 15 is 0 Å². The van der Waals surface area contributed by atoms with Gasteiger partial charge in [-0.25, -0.2) is 0 Å². The van der Waals surface area contributed by atoms with E-state index in [0.717, 1.165) is 45.1 Å². The van der Waals surface area contributed by atoms with Crippen LogP contribution in [0.2, 0.25) is 0 Å². The second-order valence-electron chi connectivity index (χ2n) is 6.89. The average Bonchev–Trinajstić information content (AvgIpc) is 2.74. The summed E-state index contributed by atoms with van der Waals surface area (Å²) < 4.78 is 0. The van der Waals surface area contributed by atoms with E-state index < -0.39 is 0 Å². The summed E-state index contributed by atoms with van der Waals surface area (Å²) in [5.74, 6) is 0.221. The smallest absolute Gasteiger partial charge is 0.234 e. The van der Waals surface area contributed by atoms with Crippen LogP contribution in [0.25, 0.3) is 0 Å².